The van der Waals surface area contributed by atoms with Crippen LogP contribution < -0.4 is 10.1 Å². The number of halogens is 1. The number of piperazine rings is 1. The predicted molar refractivity (Wildman–Crippen MR) is 116 cm³/mol. The second kappa shape index (κ2) is 7.35. The molecule has 3 aliphatic rings. The Kier molecular flexibility index (Phi) is 4.95. The molecule has 29 heavy (non-hydrogen) atoms. The van der Waals surface area contributed by atoms with Gasteiger partial charge in [0.1, 0.15) is 5.75 Å². The number of sulfonamides is 1. The Balaban J connectivity index is 1.17. The first-order chi connectivity index (χ1) is 13.8. The van der Waals surface area contributed by atoms with Gasteiger partial charge in [0.2, 0.25) is 15.6 Å². The molecular formula is C20H22ClN3O3S2. The van der Waals surface area contributed by atoms with Gasteiger partial charge >= 0.3 is 0 Å². The van der Waals surface area contributed by atoms with E-state index >= 15 is 0 Å². The van der Waals surface area contributed by atoms with Crippen molar-refractivity contribution in [3.8, 4) is 5.75 Å². The third-order valence-electron chi connectivity index (χ3n) is 5.73. The lowest BCUT2D eigenvalue weighted by molar-refractivity contribution is 0.175. The highest BCUT2D eigenvalue weighted by Gasteiger charge is 2.46. The molecule has 9 heteroatoms. The fourth-order valence-electron chi connectivity index (χ4n) is 4.39. The highest BCUT2D eigenvalue weighted by molar-refractivity contribution is 8.00. The molecule has 0 radical (unpaired) electrons. The third-order valence-corrected chi connectivity index (χ3v) is 8.30. The van der Waals surface area contributed by atoms with Crippen LogP contribution in [-0.2, 0) is 16.6 Å². The summed E-state index contributed by atoms with van der Waals surface area (Å²) in [5.74, 6) is 0.809. The molecule has 1 N–H and O–H groups in total. The van der Waals surface area contributed by atoms with E-state index in [9.17, 15) is 8.42 Å². The van der Waals surface area contributed by atoms with Gasteiger partial charge < -0.3 is 10.1 Å². The van der Waals surface area contributed by atoms with Crippen molar-refractivity contribution >= 4 is 39.1 Å². The van der Waals surface area contributed by atoms with E-state index in [1.165, 1.54) is 11.8 Å². The van der Waals surface area contributed by atoms with Gasteiger partial charge in [-0.1, -0.05) is 35.5 Å². The number of likely N-dealkylation sites (tertiary alicyclic amines) is 1. The maximum absolute atomic E-state index is 11.8. The number of nitrogens with one attached hydrogen (secondary N) is 1. The van der Waals surface area contributed by atoms with E-state index in [0.717, 1.165) is 35.8 Å². The van der Waals surface area contributed by atoms with E-state index in [1.54, 1.807) is 16.1 Å². The number of hydrogen-bond acceptors (Lipinski definition) is 6. The SMILES string of the molecule is CS(=O)(=O)N1CC2CC1CN2Cc1ccc(OC2Nc3cc(Cl)ccc3S2)cc1. The fourth-order valence-corrected chi connectivity index (χ4v) is 6.66. The van der Waals surface area contributed by atoms with Crippen LogP contribution in [0.4, 0.5) is 5.69 Å². The zero-order chi connectivity index (χ0) is 20.2. The molecule has 154 valence electrons. The first-order valence-corrected chi connectivity index (χ1v) is 12.6. The molecule has 3 heterocycles. The average molecular weight is 452 g/mol. The maximum atomic E-state index is 11.8. The van der Waals surface area contributed by atoms with Crippen molar-refractivity contribution in [1.82, 2.24) is 9.21 Å². The molecule has 6 nitrogen and oxygen atoms in total. The largest absolute Gasteiger partial charge is 0.461 e. The molecule has 0 amide bonds. The van der Waals surface area contributed by atoms with Crippen molar-refractivity contribution in [2.45, 2.75) is 35.5 Å². The number of benzene rings is 2. The summed E-state index contributed by atoms with van der Waals surface area (Å²) in [6.07, 6.45) is 2.24. The van der Waals surface area contributed by atoms with Crippen LogP contribution in [0.5, 0.6) is 5.75 Å². The number of thioether (sulfide) groups is 1. The molecule has 0 saturated carbocycles. The number of fused-ring (bicyclic) bond motifs is 3. The van der Waals surface area contributed by atoms with Crippen LogP contribution >= 0.6 is 23.4 Å². The van der Waals surface area contributed by atoms with Crippen molar-refractivity contribution in [3.05, 3.63) is 53.1 Å². The molecule has 0 aliphatic carbocycles. The number of nitrogens with zero attached hydrogens (tertiary/aromatic N) is 2. The summed E-state index contributed by atoms with van der Waals surface area (Å²) in [6, 6.07) is 14.4. The number of hydrogen-bond donors (Lipinski definition) is 1. The molecule has 2 saturated heterocycles. The third kappa shape index (κ3) is 3.96. The van der Waals surface area contributed by atoms with Crippen LogP contribution in [0.1, 0.15) is 12.0 Å². The van der Waals surface area contributed by atoms with Gasteiger partial charge in [-0.15, -0.1) is 0 Å². The van der Waals surface area contributed by atoms with E-state index < -0.39 is 10.0 Å². The Morgan fingerprint density at radius 3 is 2.66 bits per heavy atom. The predicted octanol–water partition coefficient (Wildman–Crippen LogP) is 3.44. The second-order valence-electron chi connectivity index (χ2n) is 7.80. The van der Waals surface area contributed by atoms with E-state index in [1.807, 2.05) is 30.3 Å². The Bertz CT molecular complexity index is 1030. The quantitative estimate of drug-likeness (QED) is 0.751. The molecule has 5 rings (SSSR count). The Hall–Kier alpha value is -1.45. The lowest BCUT2D eigenvalue weighted by Crippen LogP contribution is -2.47. The summed E-state index contributed by atoms with van der Waals surface area (Å²) in [7, 11) is -3.09. The highest BCUT2D eigenvalue weighted by Crippen LogP contribution is 2.40. The summed E-state index contributed by atoms with van der Waals surface area (Å²) >= 11 is 7.67. The minimum absolute atomic E-state index is 0.123. The summed E-state index contributed by atoms with van der Waals surface area (Å²) in [4.78, 5) is 3.51. The molecule has 2 fully saturated rings. The van der Waals surface area contributed by atoms with E-state index in [2.05, 4.69) is 22.3 Å². The van der Waals surface area contributed by atoms with E-state index in [4.69, 9.17) is 16.3 Å². The first-order valence-electron chi connectivity index (χ1n) is 9.54. The summed E-state index contributed by atoms with van der Waals surface area (Å²) in [5.41, 5.74) is 2.03. The molecule has 2 aromatic rings. The molecule has 0 spiro atoms. The number of ether oxygens (including phenoxy) is 1. The normalized spacial score (nSPS) is 26.5. The molecule has 2 bridgehead atoms. The smallest absolute Gasteiger partial charge is 0.223 e. The zero-order valence-corrected chi connectivity index (χ0v) is 18.3. The van der Waals surface area contributed by atoms with Crippen LogP contribution in [0.2, 0.25) is 5.02 Å². The Morgan fingerprint density at radius 2 is 1.97 bits per heavy atom. The Morgan fingerprint density at radius 1 is 1.17 bits per heavy atom. The van der Waals surface area contributed by atoms with Crippen LogP contribution in [0.25, 0.3) is 0 Å². The van der Waals surface area contributed by atoms with Gasteiger partial charge in [0.25, 0.3) is 0 Å². The van der Waals surface area contributed by atoms with Crippen LogP contribution in [0, 0.1) is 0 Å². The second-order valence-corrected chi connectivity index (χ2v) is 11.3. The summed E-state index contributed by atoms with van der Waals surface area (Å²) in [5, 5.41) is 4.03. The first kappa shape index (κ1) is 19.5. The van der Waals surface area contributed by atoms with Crippen LogP contribution in [0.3, 0.4) is 0 Å². The molecule has 3 atom stereocenters. The van der Waals surface area contributed by atoms with Crippen LogP contribution in [-0.4, -0.2) is 54.6 Å². The molecule has 3 unspecified atom stereocenters. The van der Waals surface area contributed by atoms with E-state index in [0.29, 0.717) is 17.6 Å². The van der Waals surface area contributed by atoms with Gasteiger partial charge in [-0.3, -0.25) is 4.90 Å². The average Bonchev–Trinajstić information content (AvgIpc) is 3.36. The maximum Gasteiger partial charge on any atom is 0.223 e. The van der Waals surface area contributed by atoms with Crippen molar-refractivity contribution in [2.75, 3.05) is 24.7 Å². The molecule has 3 aliphatic heterocycles. The topological polar surface area (TPSA) is 61.9 Å². The highest BCUT2D eigenvalue weighted by atomic mass is 35.5. The van der Waals surface area contributed by atoms with Gasteiger partial charge in [-0.25, -0.2) is 8.42 Å². The van der Waals surface area contributed by atoms with Crippen molar-refractivity contribution in [1.29, 1.82) is 0 Å². The lowest BCUT2D eigenvalue weighted by Gasteiger charge is -2.32. The van der Waals surface area contributed by atoms with Crippen LogP contribution in [0.15, 0.2) is 47.4 Å². The fraction of sp³-hybridized carbons (Fsp3) is 0.400. The van der Waals surface area contributed by atoms with Gasteiger partial charge in [0, 0.05) is 41.6 Å². The van der Waals surface area contributed by atoms with Gasteiger partial charge in [-0.05, 0) is 42.3 Å². The summed E-state index contributed by atoms with van der Waals surface area (Å²) < 4.78 is 31.4. The molecule has 0 aromatic heterocycles. The standard InChI is InChI=1S/C20H22ClN3O3S2/c1-29(25,26)24-12-15-9-16(24)11-23(15)10-13-2-5-17(6-3-13)27-20-22-18-8-14(21)4-7-19(18)28-20/h2-8,15-16,20,22H,9-12H2,1H3. The van der Waals surface area contributed by atoms with Gasteiger partial charge in [0.05, 0.1) is 11.9 Å². The lowest BCUT2D eigenvalue weighted by atomic mass is 10.2. The van der Waals surface area contributed by atoms with Crippen molar-refractivity contribution in [3.63, 3.8) is 0 Å². The minimum atomic E-state index is -3.09. The Labute approximate surface area is 180 Å². The minimum Gasteiger partial charge on any atom is -0.461 e. The molecule has 2 aromatic carbocycles. The zero-order valence-electron chi connectivity index (χ0n) is 15.9. The van der Waals surface area contributed by atoms with E-state index in [-0.39, 0.29) is 11.6 Å². The van der Waals surface area contributed by atoms with Crippen molar-refractivity contribution in [2.24, 2.45) is 0 Å². The summed E-state index contributed by atoms with van der Waals surface area (Å²) in [6.45, 7) is 2.25. The monoisotopic (exact) mass is 451 g/mol. The number of rotatable bonds is 5. The molecular weight excluding hydrogens is 430 g/mol. The van der Waals surface area contributed by atoms with Crippen molar-refractivity contribution < 1.29 is 13.2 Å². The van der Waals surface area contributed by atoms with Gasteiger partial charge in [0.15, 0.2) is 0 Å². The van der Waals surface area contributed by atoms with Gasteiger partial charge in [-0.2, -0.15) is 4.31 Å². The number of anilines is 1.